The third-order valence-electron chi connectivity index (χ3n) is 5.41. The van der Waals surface area contributed by atoms with E-state index >= 15 is 0 Å². The maximum Gasteiger partial charge on any atom is 0.0181 e. The first-order valence-electron chi connectivity index (χ1n) is 7.04. The molecule has 1 aliphatic carbocycles. The summed E-state index contributed by atoms with van der Waals surface area (Å²) >= 11 is 3.57. The summed E-state index contributed by atoms with van der Waals surface area (Å²) in [5, 5.41) is 2.70. The normalized spacial score (nSPS) is 20.3. The second-order valence-electron chi connectivity index (χ2n) is 7.01. The highest BCUT2D eigenvalue weighted by atomic mass is 79.9. The molecule has 1 aliphatic rings. The average molecular weight is 317 g/mol. The maximum atomic E-state index is 3.57. The van der Waals surface area contributed by atoms with Crippen molar-refractivity contribution in [1.82, 2.24) is 0 Å². The molecule has 0 N–H and O–H groups in total. The van der Waals surface area contributed by atoms with Crippen molar-refractivity contribution in [3.8, 4) is 0 Å². The van der Waals surface area contributed by atoms with Crippen LogP contribution in [0, 0.1) is 5.41 Å². The Bertz CT molecular complexity index is 650. The molecule has 2 aromatic carbocycles. The maximum absolute atomic E-state index is 3.57. The molecule has 0 unspecified atom stereocenters. The molecule has 100 valence electrons. The second kappa shape index (κ2) is 4.09. The molecule has 0 amide bonds. The van der Waals surface area contributed by atoms with Crippen molar-refractivity contribution in [2.45, 2.75) is 46.0 Å². The minimum atomic E-state index is 0.238. The Labute approximate surface area is 124 Å². The van der Waals surface area contributed by atoms with E-state index in [-0.39, 0.29) is 5.41 Å². The third-order valence-corrected chi connectivity index (χ3v) is 5.90. The summed E-state index contributed by atoms with van der Waals surface area (Å²) < 4.78 is 1.16. The van der Waals surface area contributed by atoms with Gasteiger partial charge in [-0.05, 0) is 57.7 Å². The molecule has 0 fully saturated rings. The van der Waals surface area contributed by atoms with Crippen LogP contribution in [0.2, 0.25) is 0 Å². The monoisotopic (exact) mass is 316 g/mol. The van der Waals surface area contributed by atoms with E-state index in [0.717, 1.165) is 4.47 Å². The second-order valence-corrected chi connectivity index (χ2v) is 7.93. The van der Waals surface area contributed by atoms with E-state index in [1.165, 1.54) is 29.2 Å². The van der Waals surface area contributed by atoms with Crippen molar-refractivity contribution in [1.29, 1.82) is 0 Å². The molecule has 1 heteroatoms. The van der Waals surface area contributed by atoms with E-state index < -0.39 is 0 Å². The number of benzene rings is 2. The molecule has 0 bridgehead atoms. The van der Waals surface area contributed by atoms with Gasteiger partial charge in [0.2, 0.25) is 0 Å². The van der Waals surface area contributed by atoms with Crippen LogP contribution in [0.4, 0.5) is 0 Å². The van der Waals surface area contributed by atoms with Gasteiger partial charge in [-0.25, -0.2) is 0 Å². The van der Waals surface area contributed by atoms with Gasteiger partial charge in [0, 0.05) is 4.47 Å². The quantitative estimate of drug-likeness (QED) is 0.571. The standard InChI is InChI=1S/C18H21Br/c1-17(2)8-7-13-9-14-10-15(19)6-5-12(14)11-16(13)18(17,3)4/h5-6,9-11H,7-8H2,1-4H3. The number of rotatable bonds is 0. The predicted molar refractivity (Wildman–Crippen MR) is 86.8 cm³/mol. The van der Waals surface area contributed by atoms with Crippen molar-refractivity contribution in [2.75, 3.05) is 0 Å². The van der Waals surface area contributed by atoms with E-state index in [1.54, 1.807) is 5.56 Å². The van der Waals surface area contributed by atoms with E-state index in [4.69, 9.17) is 0 Å². The zero-order chi connectivity index (χ0) is 13.8. The third kappa shape index (κ3) is 1.94. The molecule has 0 saturated heterocycles. The number of hydrogen-bond acceptors (Lipinski definition) is 0. The lowest BCUT2D eigenvalue weighted by molar-refractivity contribution is 0.165. The minimum absolute atomic E-state index is 0.238. The van der Waals surface area contributed by atoms with Crippen LogP contribution >= 0.6 is 15.9 Å². The summed E-state index contributed by atoms with van der Waals surface area (Å²) in [5.41, 5.74) is 3.68. The van der Waals surface area contributed by atoms with Gasteiger partial charge in [-0.2, -0.15) is 0 Å². The fraction of sp³-hybridized carbons (Fsp3) is 0.444. The number of hydrogen-bond donors (Lipinski definition) is 0. The van der Waals surface area contributed by atoms with Gasteiger partial charge in [-0.15, -0.1) is 0 Å². The topological polar surface area (TPSA) is 0 Å². The molecule has 3 rings (SSSR count). The first-order valence-corrected chi connectivity index (χ1v) is 7.83. The Hall–Kier alpha value is -0.820. The van der Waals surface area contributed by atoms with Crippen LogP contribution in [0.1, 0.15) is 45.2 Å². The summed E-state index contributed by atoms with van der Waals surface area (Å²) in [5.74, 6) is 0. The molecule has 2 aromatic rings. The molecular formula is C18H21Br. The Kier molecular flexibility index (Phi) is 2.83. The lowest BCUT2D eigenvalue weighted by Crippen LogP contribution is -2.40. The Balaban J connectivity index is 2.28. The highest BCUT2D eigenvalue weighted by Gasteiger charge is 2.42. The van der Waals surface area contributed by atoms with Crippen LogP contribution in [0.25, 0.3) is 10.8 Å². The zero-order valence-electron chi connectivity index (χ0n) is 12.2. The van der Waals surface area contributed by atoms with Crippen molar-refractivity contribution in [2.24, 2.45) is 5.41 Å². The van der Waals surface area contributed by atoms with Gasteiger partial charge < -0.3 is 0 Å². The number of halogens is 1. The Morgan fingerprint density at radius 1 is 0.947 bits per heavy atom. The first-order chi connectivity index (χ1) is 8.81. The zero-order valence-corrected chi connectivity index (χ0v) is 13.8. The average Bonchev–Trinajstić information content (AvgIpc) is 2.33. The smallest absolute Gasteiger partial charge is 0.0181 e. The molecule has 19 heavy (non-hydrogen) atoms. The summed E-state index contributed by atoms with van der Waals surface area (Å²) in [4.78, 5) is 0. The van der Waals surface area contributed by atoms with Crippen molar-refractivity contribution >= 4 is 26.7 Å². The summed E-state index contributed by atoms with van der Waals surface area (Å²) in [6, 6.07) is 11.4. The molecule has 0 heterocycles. The van der Waals surface area contributed by atoms with E-state index in [1.807, 2.05) is 0 Å². The molecule has 0 nitrogen and oxygen atoms in total. The van der Waals surface area contributed by atoms with Gasteiger partial charge in [0.25, 0.3) is 0 Å². The van der Waals surface area contributed by atoms with Gasteiger partial charge in [0.15, 0.2) is 0 Å². The van der Waals surface area contributed by atoms with E-state index in [9.17, 15) is 0 Å². The van der Waals surface area contributed by atoms with Crippen LogP contribution in [-0.2, 0) is 11.8 Å². The van der Waals surface area contributed by atoms with Crippen LogP contribution < -0.4 is 0 Å². The Morgan fingerprint density at radius 3 is 2.42 bits per heavy atom. The molecule has 0 aromatic heterocycles. The first kappa shape index (κ1) is 13.2. The van der Waals surface area contributed by atoms with Crippen molar-refractivity contribution in [3.63, 3.8) is 0 Å². The minimum Gasteiger partial charge on any atom is -0.0591 e. The predicted octanol–water partition coefficient (Wildman–Crippen LogP) is 5.85. The van der Waals surface area contributed by atoms with Gasteiger partial charge in [0.1, 0.15) is 0 Å². The fourth-order valence-electron chi connectivity index (χ4n) is 3.23. The molecular weight excluding hydrogens is 296 g/mol. The molecule has 0 saturated carbocycles. The lowest BCUT2D eigenvalue weighted by atomic mass is 9.57. The van der Waals surface area contributed by atoms with Gasteiger partial charge >= 0.3 is 0 Å². The molecule has 0 radical (unpaired) electrons. The lowest BCUT2D eigenvalue weighted by Gasteiger charge is -2.47. The van der Waals surface area contributed by atoms with Crippen LogP contribution in [-0.4, -0.2) is 0 Å². The summed E-state index contributed by atoms with van der Waals surface area (Å²) in [6.45, 7) is 9.61. The highest BCUT2D eigenvalue weighted by molar-refractivity contribution is 9.10. The molecule has 0 spiro atoms. The highest BCUT2D eigenvalue weighted by Crippen LogP contribution is 2.50. The largest absolute Gasteiger partial charge is 0.0591 e. The number of aryl methyl sites for hydroxylation is 1. The van der Waals surface area contributed by atoms with Crippen LogP contribution in [0.3, 0.4) is 0 Å². The van der Waals surface area contributed by atoms with Gasteiger partial charge in [0.05, 0.1) is 0 Å². The molecule has 0 atom stereocenters. The summed E-state index contributed by atoms with van der Waals surface area (Å²) in [6.07, 6.45) is 2.47. The van der Waals surface area contributed by atoms with Crippen molar-refractivity contribution in [3.05, 3.63) is 45.9 Å². The van der Waals surface area contributed by atoms with Gasteiger partial charge in [-0.1, -0.05) is 61.8 Å². The fourth-order valence-corrected chi connectivity index (χ4v) is 3.61. The van der Waals surface area contributed by atoms with E-state index in [2.05, 4.69) is 74.0 Å². The SMILES string of the molecule is CC1(C)CCc2cc3cc(Br)ccc3cc2C1(C)C. The molecule has 0 aliphatic heterocycles. The van der Waals surface area contributed by atoms with Gasteiger partial charge in [-0.3, -0.25) is 0 Å². The van der Waals surface area contributed by atoms with Crippen LogP contribution in [0.15, 0.2) is 34.8 Å². The van der Waals surface area contributed by atoms with Crippen molar-refractivity contribution < 1.29 is 0 Å². The number of fused-ring (bicyclic) bond motifs is 2. The van der Waals surface area contributed by atoms with Crippen LogP contribution in [0.5, 0.6) is 0 Å². The Morgan fingerprint density at radius 2 is 1.68 bits per heavy atom. The van der Waals surface area contributed by atoms with E-state index in [0.29, 0.717) is 5.41 Å². The summed E-state index contributed by atoms with van der Waals surface area (Å²) in [7, 11) is 0.